The number of guanidine groups is 1. The Balaban J connectivity index is 2.48. The van der Waals surface area contributed by atoms with E-state index >= 15 is 0 Å². The van der Waals surface area contributed by atoms with Gasteiger partial charge in [-0.2, -0.15) is 0 Å². The van der Waals surface area contributed by atoms with Crippen LogP contribution in [0.25, 0.3) is 0 Å². The average molecular weight is 220 g/mol. The molecule has 88 valence electrons. The van der Waals surface area contributed by atoms with Gasteiger partial charge in [-0.05, 0) is 24.5 Å². The van der Waals surface area contributed by atoms with Gasteiger partial charge in [-0.1, -0.05) is 32.0 Å². The van der Waals surface area contributed by atoms with E-state index in [1.54, 1.807) is 0 Å². The molecule has 1 rings (SSSR count). The highest BCUT2D eigenvalue weighted by molar-refractivity contribution is 5.93. The molecule has 1 aromatic rings. The average Bonchev–Trinajstić information content (AvgIpc) is 2.28. The van der Waals surface area contributed by atoms with Gasteiger partial charge in [0.05, 0.1) is 0 Å². The summed E-state index contributed by atoms with van der Waals surface area (Å²) in [5.74, 6) is 6.65. The summed E-state index contributed by atoms with van der Waals surface area (Å²) in [7, 11) is 0. The smallest absolute Gasteiger partial charge is 0.210 e. The van der Waals surface area contributed by atoms with Crippen LogP contribution < -0.4 is 16.6 Å². The summed E-state index contributed by atoms with van der Waals surface area (Å²) < 4.78 is 0. The molecule has 0 radical (unpaired) electrons. The third-order valence-corrected chi connectivity index (χ3v) is 2.15. The molecule has 0 atom stereocenters. The van der Waals surface area contributed by atoms with Crippen LogP contribution in [0.3, 0.4) is 0 Å². The topological polar surface area (TPSA) is 62.4 Å². The summed E-state index contributed by atoms with van der Waals surface area (Å²) in [6.07, 6.45) is 1.06. The second-order valence-corrected chi connectivity index (χ2v) is 4.05. The minimum Gasteiger partial charge on any atom is -0.325 e. The molecular formula is C12H20N4. The van der Waals surface area contributed by atoms with Crippen LogP contribution >= 0.6 is 0 Å². The first kappa shape index (κ1) is 12.5. The van der Waals surface area contributed by atoms with Crippen molar-refractivity contribution in [3.05, 3.63) is 30.3 Å². The van der Waals surface area contributed by atoms with Gasteiger partial charge in [0.15, 0.2) is 0 Å². The lowest BCUT2D eigenvalue weighted by molar-refractivity contribution is 0.596. The molecule has 4 N–H and O–H groups in total. The van der Waals surface area contributed by atoms with Crippen molar-refractivity contribution in [2.45, 2.75) is 20.3 Å². The van der Waals surface area contributed by atoms with Gasteiger partial charge in [-0.15, -0.1) is 0 Å². The molecule has 0 heterocycles. The minimum atomic E-state index is 0.604. The van der Waals surface area contributed by atoms with Crippen LogP contribution in [0.4, 0.5) is 5.69 Å². The third kappa shape index (κ3) is 4.79. The van der Waals surface area contributed by atoms with Gasteiger partial charge in [-0.3, -0.25) is 10.4 Å². The quantitative estimate of drug-likeness (QED) is 0.314. The number of hydrogen-bond acceptors (Lipinski definition) is 2. The molecule has 16 heavy (non-hydrogen) atoms. The lowest BCUT2D eigenvalue weighted by atomic mass is 10.1. The lowest BCUT2D eigenvalue weighted by Gasteiger charge is -2.09. The molecule has 0 aromatic heterocycles. The highest BCUT2D eigenvalue weighted by Crippen LogP contribution is 2.04. The van der Waals surface area contributed by atoms with Crippen molar-refractivity contribution < 1.29 is 0 Å². The Labute approximate surface area is 96.9 Å². The van der Waals surface area contributed by atoms with Crippen LogP contribution in [0.2, 0.25) is 0 Å². The number of nitrogens with two attached hydrogens (primary N) is 1. The summed E-state index contributed by atoms with van der Waals surface area (Å²) in [5.41, 5.74) is 3.54. The molecule has 0 aliphatic carbocycles. The molecule has 0 bridgehead atoms. The first-order valence-corrected chi connectivity index (χ1v) is 5.55. The Morgan fingerprint density at radius 2 is 2.00 bits per heavy atom. The van der Waals surface area contributed by atoms with Crippen LogP contribution in [0.15, 0.2) is 35.3 Å². The molecule has 0 fully saturated rings. The molecule has 0 unspecified atom stereocenters. The van der Waals surface area contributed by atoms with E-state index in [-0.39, 0.29) is 0 Å². The van der Waals surface area contributed by atoms with Crippen LogP contribution in [0.1, 0.15) is 20.3 Å². The second kappa shape index (κ2) is 6.85. The van der Waals surface area contributed by atoms with Gasteiger partial charge < -0.3 is 5.32 Å². The molecule has 0 saturated heterocycles. The van der Waals surface area contributed by atoms with Crippen LogP contribution in [-0.4, -0.2) is 12.5 Å². The van der Waals surface area contributed by atoms with Gasteiger partial charge >= 0.3 is 0 Å². The fraction of sp³-hybridized carbons (Fsp3) is 0.417. The number of aliphatic imine (C=N–C) groups is 1. The van der Waals surface area contributed by atoms with Crippen molar-refractivity contribution in [1.82, 2.24) is 5.43 Å². The first-order valence-electron chi connectivity index (χ1n) is 5.55. The lowest BCUT2D eigenvalue weighted by Crippen LogP contribution is -2.36. The predicted molar refractivity (Wildman–Crippen MR) is 69.1 cm³/mol. The van der Waals surface area contributed by atoms with Gasteiger partial charge in [0.1, 0.15) is 0 Å². The van der Waals surface area contributed by atoms with Crippen molar-refractivity contribution in [1.29, 1.82) is 0 Å². The van der Waals surface area contributed by atoms with E-state index in [1.165, 1.54) is 0 Å². The fourth-order valence-electron chi connectivity index (χ4n) is 1.21. The standard InChI is InChI=1S/C12H20N4/c1-10(2)8-9-14-12(16-13)15-11-6-4-3-5-7-11/h3-7,10H,8-9,13H2,1-2H3,(H2,14,15,16). The molecule has 0 aliphatic heterocycles. The van der Waals surface area contributed by atoms with E-state index in [0.717, 1.165) is 18.7 Å². The maximum Gasteiger partial charge on any atom is 0.210 e. The number of benzene rings is 1. The summed E-state index contributed by atoms with van der Waals surface area (Å²) in [4.78, 5) is 4.35. The molecule has 4 nitrogen and oxygen atoms in total. The molecule has 0 amide bonds. The second-order valence-electron chi connectivity index (χ2n) is 4.05. The fourth-order valence-corrected chi connectivity index (χ4v) is 1.21. The van der Waals surface area contributed by atoms with Crippen LogP contribution in [0, 0.1) is 5.92 Å². The van der Waals surface area contributed by atoms with E-state index in [4.69, 9.17) is 5.84 Å². The van der Waals surface area contributed by atoms with Crippen molar-refractivity contribution in [3.8, 4) is 0 Å². The Bertz CT molecular complexity index is 319. The number of hydrogen-bond donors (Lipinski definition) is 3. The summed E-state index contributed by atoms with van der Waals surface area (Å²) in [5, 5.41) is 3.12. The molecule has 0 saturated carbocycles. The zero-order valence-electron chi connectivity index (χ0n) is 9.90. The van der Waals surface area contributed by atoms with Crippen molar-refractivity contribution in [3.63, 3.8) is 0 Å². The number of para-hydroxylation sites is 1. The first-order chi connectivity index (χ1) is 7.72. The highest BCUT2D eigenvalue weighted by Gasteiger charge is 1.97. The number of rotatable bonds is 4. The highest BCUT2D eigenvalue weighted by atomic mass is 15.3. The van der Waals surface area contributed by atoms with E-state index in [0.29, 0.717) is 11.9 Å². The van der Waals surface area contributed by atoms with Gasteiger partial charge in [0, 0.05) is 12.2 Å². The number of hydrazine groups is 1. The normalized spacial score (nSPS) is 11.6. The van der Waals surface area contributed by atoms with Gasteiger partial charge in [0.2, 0.25) is 5.96 Å². The number of nitrogens with one attached hydrogen (secondary N) is 2. The maximum absolute atomic E-state index is 5.39. The molecule has 1 aromatic carbocycles. The van der Waals surface area contributed by atoms with Gasteiger partial charge in [-0.25, -0.2) is 5.84 Å². The summed E-state index contributed by atoms with van der Waals surface area (Å²) >= 11 is 0. The Morgan fingerprint density at radius 1 is 1.31 bits per heavy atom. The van der Waals surface area contributed by atoms with Crippen LogP contribution in [0.5, 0.6) is 0 Å². The van der Waals surface area contributed by atoms with Crippen molar-refractivity contribution >= 4 is 11.6 Å². The maximum atomic E-state index is 5.39. The van der Waals surface area contributed by atoms with Crippen molar-refractivity contribution in [2.24, 2.45) is 16.8 Å². The Kier molecular flexibility index (Phi) is 5.36. The zero-order chi connectivity index (χ0) is 11.8. The van der Waals surface area contributed by atoms with Crippen molar-refractivity contribution in [2.75, 3.05) is 11.9 Å². The minimum absolute atomic E-state index is 0.604. The van der Waals surface area contributed by atoms with E-state index in [2.05, 4.69) is 29.6 Å². The number of nitrogens with zero attached hydrogens (tertiary/aromatic N) is 1. The largest absolute Gasteiger partial charge is 0.325 e. The van der Waals surface area contributed by atoms with E-state index < -0.39 is 0 Å². The third-order valence-electron chi connectivity index (χ3n) is 2.15. The van der Waals surface area contributed by atoms with E-state index in [9.17, 15) is 0 Å². The number of anilines is 1. The van der Waals surface area contributed by atoms with Gasteiger partial charge in [0.25, 0.3) is 0 Å². The molecule has 0 aliphatic rings. The predicted octanol–water partition coefficient (Wildman–Crippen LogP) is 1.96. The Hall–Kier alpha value is -1.55. The molecule has 4 heteroatoms. The Morgan fingerprint density at radius 3 is 2.56 bits per heavy atom. The van der Waals surface area contributed by atoms with Crippen LogP contribution in [-0.2, 0) is 0 Å². The van der Waals surface area contributed by atoms with E-state index in [1.807, 2.05) is 30.3 Å². The zero-order valence-corrected chi connectivity index (χ0v) is 9.90. The summed E-state index contributed by atoms with van der Waals surface area (Å²) in [6, 6.07) is 9.83. The summed E-state index contributed by atoms with van der Waals surface area (Å²) in [6.45, 7) is 5.13. The monoisotopic (exact) mass is 220 g/mol. The SMILES string of the molecule is CC(C)CCN=C(NN)Nc1ccccc1. The molecule has 0 spiro atoms. The molecular weight excluding hydrogens is 200 g/mol.